The molecule has 4 rings (SSSR count). The van der Waals surface area contributed by atoms with Crippen LogP contribution in [-0.2, 0) is 11.2 Å². The van der Waals surface area contributed by atoms with E-state index in [1.165, 1.54) is 0 Å². The number of benzene rings is 2. The number of phenolic OH excluding ortho intramolecular Hbond substituents is 1. The summed E-state index contributed by atoms with van der Waals surface area (Å²) in [5.74, 6) is -0.238. The zero-order valence-electron chi connectivity index (χ0n) is 14.4. The number of rotatable bonds is 3. The average molecular weight is 366 g/mol. The van der Waals surface area contributed by atoms with Crippen LogP contribution in [0.3, 0.4) is 0 Å². The van der Waals surface area contributed by atoms with Crippen molar-refractivity contribution < 1.29 is 9.90 Å². The summed E-state index contributed by atoms with van der Waals surface area (Å²) in [4.78, 5) is 36.0. The number of hydrogen-bond acceptors (Lipinski definition) is 4. The number of nitrogens with one attached hydrogen (secondary N) is 3. The van der Waals surface area contributed by atoms with E-state index in [0.29, 0.717) is 17.8 Å². The molecule has 8 nitrogen and oxygen atoms in total. The first-order valence-corrected chi connectivity index (χ1v) is 8.66. The van der Waals surface area contributed by atoms with Gasteiger partial charge in [0.05, 0.1) is 11.6 Å². The first-order chi connectivity index (χ1) is 13.0. The standard InChI is InChI=1S/C19H18N4O4/c24-16-6-2-3-13-14(16)4-1-5-15(13)17(25)20-11-7-9-12(10-8-11)23-18(26)21-22-19(23)27/h2-3,6-10,15,24H,1,4-5H2,(H,20,25)(H,21,26)(H,22,27). The maximum atomic E-state index is 12.8. The summed E-state index contributed by atoms with van der Waals surface area (Å²) >= 11 is 0. The van der Waals surface area contributed by atoms with Crippen molar-refractivity contribution >= 4 is 11.6 Å². The molecule has 8 heteroatoms. The fraction of sp³-hybridized carbons (Fsp3) is 0.211. The number of anilines is 1. The van der Waals surface area contributed by atoms with Crippen molar-refractivity contribution in [3.05, 3.63) is 74.6 Å². The minimum Gasteiger partial charge on any atom is -0.508 e. The summed E-state index contributed by atoms with van der Waals surface area (Å²) in [5, 5.41) is 17.3. The van der Waals surface area contributed by atoms with Crippen molar-refractivity contribution in [2.75, 3.05) is 5.32 Å². The quantitative estimate of drug-likeness (QED) is 0.563. The number of H-pyrrole nitrogens is 2. The van der Waals surface area contributed by atoms with E-state index in [4.69, 9.17) is 0 Å². The van der Waals surface area contributed by atoms with E-state index in [0.717, 1.165) is 28.5 Å². The zero-order chi connectivity index (χ0) is 19.0. The average Bonchev–Trinajstić information content (AvgIpc) is 3.01. The maximum Gasteiger partial charge on any atom is 0.348 e. The molecule has 3 aromatic rings. The Morgan fingerprint density at radius 3 is 2.48 bits per heavy atom. The van der Waals surface area contributed by atoms with Crippen LogP contribution in [0.5, 0.6) is 5.75 Å². The molecule has 1 heterocycles. The summed E-state index contributed by atoms with van der Waals surface area (Å²) in [6.45, 7) is 0. The molecule has 0 saturated carbocycles. The molecule has 27 heavy (non-hydrogen) atoms. The highest BCUT2D eigenvalue weighted by Gasteiger charge is 2.28. The van der Waals surface area contributed by atoms with Crippen LogP contribution >= 0.6 is 0 Å². The summed E-state index contributed by atoms with van der Waals surface area (Å²) in [7, 11) is 0. The highest BCUT2D eigenvalue weighted by Crippen LogP contribution is 2.36. The number of aromatic amines is 2. The fourth-order valence-electron chi connectivity index (χ4n) is 3.57. The lowest BCUT2D eigenvalue weighted by molar-refractivity contribution is -0.117. The third-order valence-electron chi connectivity index (χ3n) is 4.87. The minimum atomic E-state index is -0.560. The topological polar surface area (TPSA) is 120 Å². The second-order valence-electron chi connectivity index (χ2n) is 6.52. The van der Waals surface area contributed by atoms with Gasteiger partial charge < -0.3 is 10.4 Å². The van der Waals surface area contributed by atoms with Gasteiger partial charge in [-0.1, -0.05) is 12.1 Å². The van der Waals surface area contributed by atoms with E-state index in [1.807, 2.05) is 6.07 Å². The van der Waals surface area contributed by atoms with Gasteiger partial charge >= 0.3 is 11.4 Å². The second kappa shape index (κ2) is 6.64. The molecule has 1 unspecified atom stereocenters. The van der Waals surface area contributed by atoms with E-state index in [-0.39, 0.29) is 17.6 Å². The van der Waals surface area contributed by atoms with Crippen LogP contribution < -0.4 is 16.7 Å². The van der Waals surface area contributed by atoms with Crippen LogP contribution in [0, 0.1) is 0 Å². The van der Waals surface area contributed by atoms with Gasteiger partial charge in [-0.3, -0.25) is 4.79 Å². The van der Waals surface area contributed by atoms with Crippen molar-refractivity contribution in [2.24, 2.45) is 0 Å². The molecule has 4 N–H and O–H groups in total. The Bertz CT molecular complexity index is 1080. The molecule has 138 valence electrons. The van der Waals surface area contributed by atoms with E-state index >= 15 is 0 Å². The Balaban J connectivity index is 1.56. The van der Waals surface area contributed by atoms with Crippen LogP contribution in [0.1, 0.15) is 29.9 Å². The molecule has 0 fully saturated rings. The number of amides is 1. The molecule has 1 aliphatic rings. The molecule has 0 saturated heterocycles. The number of carbonyl (C=O) groups excluding carboxylic acids is 1. The third kappa shape index (κ3) is 3.05. The van der Waals surface area contributed by atoms with Crippen molar-refractivity contribution in [3.8, 4) is 11.4 Å². The molecule has 1 amide bonds. The van der Waals surface area contributed by atoms with Crippen LogP contribution in [-0.4, -0.2) is 25.8 Å². The van der Waals surface area contributed by atoms with Crippen LogP contribution in [0.2, 0.25) is 0 Å². The molecule has 1 aliphatic carbocycles. The lowest BCUT2D eigenvalue weighted by Crippen LogP contribution is -2.25. The van der Waals surface area contributed by atoms with Gasteiger partial charge in [-0.2, -0.15) is 0 Å². The predicted octanol–water partition coefficient (Wildman–Crippen LogP) is 1.62. The SMILES string of the molecule is O=C(Nc1ccc(-n2c(=O)[nH][nH]c2=O)cc1)C1CCCc2c(O)cccc21. The molecule has 1 aromatic heterocycles. The van der Waals surface area contributed by atoms with Crippen LogP contribution in [0.4, 0.5) is 5.69 Å². The molecule has 0 bridgehead atoms. The van der Waals surface area contributed by atoms with Crippen LogP contribution in [0.15, 0.2) is 52.1 Å². The Labute approximate surface area is 153 Å². The first-order valence-electron chi connectivity index (χ1n) is 8.66. The van der Waals surface area contributed by atoms with Gasteiger partial charge in [-0.25, -0.2) is 24.4 Å². The summed E-state index contributed by atoms with van der Waals surface area (Å²) in [6, 6.07) is 11.7. The summed E-state index contributed by atoms with van der Waals surface area (Å²) in [5.41, 5.74) is 1.54. The maximum absolute atomic E-state index is 12.8. The molecular weight excluding hydrogens is 348 g/mol. The Hall–Kier alpha value is -3.55. The number of nitrogens with zero attached hydrogens (tertiary/aromatic N) is 1. The van der Waals surface area contributed by atoms with E-state index in [9.17, 15) is 19.5 Å². The molecule has 0 spiro atoms. The van der Waals surface area contributed by atoms with Gasteiger partial charge in [-0.15, -0.1) is 0 Å². The van der Waals surface area contributed by atoms with Gasteiger partial charge in [0.25, 0.3) is 0 Å². The lowest BCUT2D eigenvalue weighted by atomic mass is 9.82. The second-order valence-corrected chi connectivity index (χ2v) is 6.52. The van der Waals surface area contributed by atoms with Crippen molar-refractivity contribution in [3.63, 3.8) is 0 Å². The van der Waals surface area contributed by atoms with Crippen molar-refractivity contribution in [1.29, 1.82) is 0 Å². The predicted molar refractivity (Wildman–Crippen MR) is 99.4 cm³/mol. The Morgan fingerprint density at radius 1 is 1.07 bits per heavy atom. The summed E-state index contributed by atoms with van der Waals surface area (Å²) in [6.07, 6.45) is 2.32. The third-order valence-corrected chi connectivity index (χ3v) is 4.87. The van der Waals surface area contributed by atoms with Gasteiger partial charge in [0, 0.05) is 5.69 Å². The molecular formula is C19H18N4O4. The van der Waals surface area contributed by atoms with Gasteiger partial charge in [0.1, 0.15) is 5.75 Å². The van der Waals surface area contributed by atoms with E-state index in [2.05, 4.69) is 15.5 Å². The number of phenols is 1. The first kappa shape index (κ1) is 16.9. The highest BCUT2D eigenvalue weighted by atomic mass is 16.3. The monoisotopic (exact) mass is 366 g/mol. The fourth-order valence-corrected chi connectivity index (χ4v) is 3.57. The van der Waals surface area contributed by atoms with Gasteiger partial charge in [-0.05, 0) is 60.7 Å². The molecule has 0 aliphatic heterocycles. The normalized spacial score (nSPS) is 15.9. The Morgan fingerprint density at radius 2 is 1.78 bits per heavy atom. The number of carbonyl (C=O) groups is 1. The highest BCUT2D eigenvalue weighted by molar-refractivity contribution is 5.96. The van der Waals surface area contributed by atoms with Gasteiger partial charge in [0.2, 0.25) is 5.91 Å². The Kier molecular flexibility index (Phi) is 4.15. The zero-order valence-corrected chi connectivity index (χ0v) is 14.4. The van der Waals surface area contributed by atoms with E-state index in [1.54, 1.807) is 36.4 Å². The van der Waals surface area contributed by atoms with Gasteiger partial charge in [0.15, 0.2) is 0 Å². The minimum absolute atomic E-state index is 0.147. The smallest absolute Gasteiger partial charge is 0.348 e. The largest absolute Gasteiger partial charge is 0.508 e. The van der Waals surface area contributed by atoms with Crippen molar-refractivity contribution in [2.45, 2.75) is 25.2 Å². The number of fused-ring (bicyclic) bond motifs is 1. The number of aromatic hydroxyl groups is 1. The van der Waals surface area contributed by atoms with Crippen molar-refractivity contribution in [1.82, 2.24) is 14.8 Å². The lowest BCUT2D eigenvalue weighted by Gasteiger charge is -2.25. The number of aromatic nitrogens is 3. The molecule has 1 atom stereocenters. The van der Waals surface area contributed by atoms with E-state index < -0.39 is 11.4 Å². The number of hydrogen-bond donors (Lipinski definition) is 4. The summed E-state index contributed by atoms with van der Waals surface area (Å²) < 4.78 is 0.964. The molecule has 2 aromatic carbocycles. The van der Waals surface area contributed by atoms with Crippen LogP contribution in [0.25, 0.3) is 5.69 Å². The molecule has 0 radical (unpaired) electrons.